The molecule has 18 rings (SSSR count). The molecule has 0 unspecified atom stereocenters. The van der Waals surface area contributed by atoms with Crippen LogP contribution in [0.15, 0.2) is 22.6 Å². The van der Waals surface area contributed by atoms with Gasteiger partial charge in [-0.05, 0) is 154 Å². The first-order chi connectivity index (χ1) is 59.9. The summed E-state index contributed by atoms with van der Waals surface area (Å²) in [6, 6.07) is 0. The van der Waals surface area contributed by atoms with E-state index in [1.54, 1.807) is 0 Å². The maximum Gasteiger partial charge on any atom is 0.220 e. The van der Waals surface area contributed by atoms with E-state index in [1.165, 1.54) is 39.3 Å². The largest absolute Gasteiger partial charge is 0.515 e. The first kappa shape index (κ1) is 109. The van der Waals surface area contributed by atoms with Crippen LogP contribution in [0.4, 0.5) is 0 Å². The van der Waals surface area contributed by atoms with E-state index in [0.717, 1.165) is 197 Å². The van der Waals surface area contributed by atoms with Crippen molar-refractivity contribution in [1.82, 2.24) is 55.0 Å². The van der Waals surface area contributed by atoms with Gasteiger partial charge in [-0.2, -0.15) is 19.9 Å². The zero-order chi connectivity index (χ0) is 93.1. The number of carbonyl (C=O) groups is 2. The Balaban J connectivity index is 0.000000185. The van der Waals surface area contributed by atoms with E-state index >= 15 is 0 Å². The number of ketones is 2. The lowest BCUT2D eigenvalue weighted by Gasteiger charge is -2.54. The fourth-order valence-corrected chi connectivity index (χ4v) is 25.0. The molecule has 2 saturated heterocycles. The van der Waals surface area contributed by atoms with E-state index in [0.29, 0.717) is 116 Å². The number of hydrogen-bond acceptors (Lipinski definition) is 23. The van der Waals surface area contributed by atoms with Crippen LogP contribution in [-0.2, 0) is 121 Å². The molecule has 24 heteroatoms. The summed E-state index contributed by atoms with van der Waals surface area (Å²) in [5.74, 6) is 11.1. The van der Waals surface area contributed by atoms with E-state index < -0.39 is 0 Å². The van der Waals surface area contributed by atoms with Gasteiger partial charge in [0.1, 0.15) is 45.8 Å². The van der Waals surface area contributed by atoms with Crippen LogP contribution in [0.3, 0.4) is 0 Å². The summed E-state index contributed by atoms with van der Waals surface area (Å²) in [5, 5.41) is 14.3. The molecule has 6 aromatic heterocycles. The molecule has 0 aromatic carbocycles. The number of ether oxygens (including phenoxy) is 8. The molecule has 0 radical (unpaired) electrons. The standard InChI is InChI=1S/C22H34N2O3.C21H29N3O2.C21H30N2O3.C20H29ClN2O2.C20H30N2O2.5CH4/c1-7-25-18-15-8-9-16-14(2)22(26-12-13-27-22)11-10-21(16,6)17(15)23-19(24-18)20(3,4)5;1-7-25-18-14-8-9-15-12(2)16-13(11-22-26-16)10-21(15,6)17(14)23-19(24-18)20(3,4)5;1-7-26-18-14-8-9-15-12(2)16(25)13(11-24)10-21(15,6)17(14)22-19(23-18)20(3,4)5;1-12-14-7-6-13-15(22-17(18(2,3)4)23-16(13)21)19(14,5)8-9-20(12)24-10-11-25-20;1-7-24-17-13-8-9-14-12(2)15(23)10-11-20(14,6)16(13)21-18(22-17)19(3,4)5;;;;;/h14,16H,7-13H2,1-6H3;11-12,15H,7-10H2,1-6H3;11-12,15,24H,7-10H2,1-6H3;12,14H,6-11H2,1-5H3;12,14H,7-11H2,1-6H3;5*1H4/b;;13-11-;;;;;;;/t14-,16-,21-;2*12-,15-,21-;12-,14-,19-;12-,14-,20-;;;;;/m00000...../s1. The van der Waals surface area contributed by atoms with Crippen molar-refractivity contribution in [3.63, 3.8) is 0 Å². The number of aliphatic hydroxyl groups excluding tert-OH is 1. The number of rotatable bonds is 8. The van der Waals surface area contributed by atoms with Crippen molar-refractivity contribution >= 4 is 23.2 Å². The van der Waals surface area contributed by atoms with Crippen LogP contribution in [0.25, 0.3) is 0 Å². The van der Waals surface area contributed by atoms with E-state index in [-0.39, 0.29) is 126 Å². The van der Waals surface area contributed by atoms with Gasteiger partial charge in [0, 0.05) is 142 Å². The second-order valence-electron chi connectivity index (χ2n) is 45.7. The number of Topliss-reactive ketones (excluding diaryl/α,β-unsaturated/α-hetero) is 2. The van der Waals surface area contributed by atoms with Crippen molar-refractivity contribution in [3.05, 3.63) is 120 Å². The number of carbonyl (C=O) groups excluding carboxylic acids is 2. The Bertz CT molecular complexity index is 5140. The first-order valence-electron chi connectivity index (χ1n) is 48.6. The minimum Gasteiger partial charge on any atom is -0.515 e. The minimum absolute atomic E-state index is 0. The van der Waals surface area contributed by atoms with Crippen molar-refractivity contribution in [2.75, 3.05) is 52.9 Å². The lowest BCUT2D eigenvalue weighted by molar-refractivity contribution is -0.235. The van der Waals surface area contributed by atoms with Gasteiger partial charge in [-0.1, -0.05) is 227 Å². The summed E-state index contributed by atoms with van der Waals surface area (Å²) in [6.45, 7) is 68.0. The molecule has 12 aliphatic rings. The summed E-state index contributed by atoms with van der Waals surface area (Å²) in [5.41, 5.74) is 12.2. The number of aliphatic hydroxyl groups is 1. The van der Waals surface area contributed by atoms with Crippen LogP contribution in [0, 0.1) is 53.3 Å². The molecule has 0 bridgehead atoms. The van der Waals surface area contributed by atoms with E-state index in [2.05, 4.69) is 176 Å². The monoisotopic (exact) mass is 1860 g/mol. The van der Waals surface area contributed by atoms with E-state index in [9.17, 15) is 14.7 Å². The summed E-state index contributed by atoms with van der Waals surface area (Å²) < 4.78 is 53.8. The normalized spacial score (nSPS) is 29.6. The van der Waals surface area contributed by atoms with Gasteiger partial charge in [0.15, 0.2) is 17.4 Å². The zero-order valence-electron chi connectivity index (χ0n) is 83.0. The molecular formula is C109H172ClN11O12. The minimum atomic E-state index is -0.385. The van der Waals surface area contributed by atoms with E-state index in [4.69, 9.17) is 98.9 Å². The number of allylic oxidation sites excluding steroid dienone is 1. The number of halogens is 1. The number of fused-ring (bicyclic) bond motifs is 16. The molecule has 1 N–H and O–H groups in total. The number of hydrogen-bond donors (Lipinski definition) is 1. The van der Waals surface area contributed by atoms with Gasteiger partial charge in [0.05, 0.1) is 93.8 Å². The summed E-state index contributed by atoms with van der Waals surface area (Å²) in [4.78, 5) is 73.9. The molecule has 6 aromatic rings. The zero-order valence-corrected chi connectivity index (χ0v) is 83.8. The van der Waals surface area contributed by atoms with Gasteiger partial charge < -0.3 is 47.5 Å². The van der Waals surface area contributed by atoms with Gasteiger partial charge in [-0.3, -0.25) is 9.59 Å². The second-order valence-corrected chi connectivity index (χ2v) is 46.1. The molecule has 6 fully saturated rings. The Labute approximate surface area is 805 Å². The third kappa shape index (κ3) is 19.9. The molecule has 742 valence electrons. The van der Waals surface area contributed by atoms with Crippen molar-refractivity contribution in [2.45, 2.75) is 425 Å². The predicted octanol–water partition coefficient (Wildman–Crippen LogP) is 24.1. The molecule has 15 atom stereocenters. The molecule has 10 aliphatic carbocycles. The highest BCUT2D eigenvalue weighted by atomic mass is 35.5. The Morgan fingerprint density at radius 3 is 1.04 bits per heavy atom. The Morgan fingerprint density at radius 1 is 0.391 bits per heavy atom. The molecule has 23 nitrogen and oxygen atoms in total. The van der Waals surface area contributed by atoms with Gasteiger partial charge >= 0.3 is 0 Å². The van der Waals surface area contributed by atoms with Gasteiger partial charge in [-0.15, -0.1) is 0 Å². The van der Waals surface area contributed by atoms with Crippen molar-refractivity contribution in [3.8, 4) is 23.5 Å². The van der Waals surface area contributed by atoms with E-state index in [1.807, 2.05) is 40.8 Å². The van der Waals surface area contributed by atoms with Crippen LogP contribution in [-0.4, -0.2) is 136 Å². The van der Waals surface area contributed by atoms with Crippen LogP contribution < -0.4 is 18.9 Å². The third-order valence-electron chi connectivity index (χ3n) is 32.1. The molecule has 4 saturated carbocycles. The van der Waals surface area contributed by atoms with Gasteiger partial charge in [-0.25, -0.2) is 29.9 Å². The third-order valence-corrected chi connectivity index (χ3v) is 32.4. The highest BCUT2D eigenvalue weighted by molar-refractivity contribution is 6.30. The average Bonchev–Trinajstić information content (AvgIpc) is 1.64. The second kappa shape index (κ2) is 40.3. The number of aromatic nitrogens is 11. The maximum atomic E-state index is 12.6. The molecule has 2 spiro atoms. The Morgan fingerprint density at radius 2 is 0.692 bits per heavy atom. The highest BCUT2D eigenvalue weighted by Gasteiger charge is 2.62. The topological polar surface area (TPSA) is 283 Å². The van der Waals surface area contributed by atoms with Gasteiger partial charge in [0.2, 0.25) is 23.5 Å². The fourth-order valence-electron chi connectivity index (χ4n) is 24.8. The SMILES string of the molecule is C.C.C.C.C.CCOc1nc(C(C)(C)C)nc2c1CC[C@H]1[C@H](C)C(=O)/C(=C\O)C[C@]21C.CCOc1nc(C(C)(C)C)nc2c1CC[C@H]1[C@H](C)C(=O)CC[C@]21C.CCOc1nc(C(C)(C)C)nc2c1CC[C@H]1[C@H](C)C3(CC[C@]21C)OCCO3.CCOc1nc(C(C)(C)C)nc2c1CC[C@H]1[C@H](C)c3oncc3C[C@]21C.C[C@H]1[C@@H]2CCc3c(Cl)nc(C(C)(C)C)nc3[C@@]2(C)CCC12OCCO2. The molecule has 8 heterocycles. The smallest absolute Gasteiger partial charge is 0.220 e. The lowest BCUT2D eigenvalue weighted by Crippen LogP contribution is -2.55. The predicted molar refractivity (Wildman–Crippen MR) is 530 cm³/mol. The molecular weight excluding hydrogens is 1690 g/mol. The number of nitrogens with zero attached hydrogens (tertiary/aromatic N) is 11. The Hall–Kier alpha value is -7.18. The lowest BCUT2D eigenvalue weighted by atomic mass is 9.55. The molecule has 0 amide bonds. The maximum absolute atomic E-state index is 12.6. The summed E-state index contributed by atoms with van der Waals surface area (Å²) in [7, 11) is 0. The first-order valence-corrected chi connectivity index (χ1v) is 49.0. The van der Waals surface area contributed by atoms with Crippen molar-refractivity contribution in [2.24, 2.45) is 53.3 Å². The van der Waals surface area contributed by atoms with Crippen LogP contribution in [0.1, 0.15) is 418 Å². The quantitative estimate of drug-likeness (QED) is 0.0841. The summed E-state index contributed by atoms with van der Waals surface area (Å²) in [6.07, 6.45) is 19.6. The van der Waals surface area contributed by atoms with Crippen LogP contribution in [0.2, 0.25) is 5.15 Å². The van der Waals surface area contributed by atoms with Gasteiger partial charge in [0.25, 0.3) is 0 Å². The molecule has 2 aliphatic heterocycles. The van der Waals surface area contributed by atoms with Crippen molar-refractivity contribution < 1.29 is 57.1 Å². The molecule has 133 heavy (non-hydrogen) atoms. The summed E-state index contributed by atoms with van der Waals surface area (Å²) >= 11 is 6.60. The van der Waals surface area contributed by atoms with Crippen LogP contribution >= 0.6 is 11.6 Å². The van der Waals surface area contributed by atoms with Crippen molar-refractivity contribution in [1.29, 1.82) is 0 Å². The fraction of sp³-hybridized carbons (Fsp3) is 0.752. The highest BCUT2D eigenvalue weighted by Crippen LogP contribution is 2.62. The average molecular weight is 1860 g/mol. The van der Waals surface area contributed by atoms with Crippen LogP contribution in [0.5, 0.6) is 23.5 Å². The Kier molecular flexibility index (Phi) is 33.2.